The molecule has 2 aliphatic rings. The Morgan fingerprint density at radius 3 is 2.56 bits per heavy atom. The Hall–Kier alpha value is -5.29. The Kier molecular flexibility index (Phi) is 5.69. The molecule has 4 aromatic rings. The molecule has 8 nitrogen and oxygen atoms in total. The number of benzene rings is 3. The monoisotopic (exact) mass is 516 g/mol. The number of nitrogens with one attached hydrogen (secondary N) is 1. The molecule has 0 saturated carbocycles. The average Bonchev–Trinajstić information content (AvgIpc) is 3.48. The predicted octanol–water partition coefficient (Wildman–Crippen LogP) is 4.65. The minimum atomic E-state index is -1.86. The zero-order valence-corrected chi connectivity index (χ0v) is 21.1. The van der Waals surface area contributed by atoms with Gasteiger partial charge in [0.2, 0.25) is 11.8 Å². The standard InChI is InChI=1S/C31H24N4O4/c1-2-38-29(36)26-28(33)39-27(21-17-34-24-14-8-6-12-20(21)24)23(16-32)31(26)22-13-7-9-15-25(22)35(30(31)37)18-19-10-4-3-5-11-19/h3-15,17,34H,2,18,33H2,1H3/t31-/m1/s1. The summed E-state index contributed by atoms with van der Waals surface area (Å²) in [5.74, 6) is -1.45. The fraction of sp³-hybridized carbons (Fsp3) is 0.129. The molecule has 0 bridgehead atoms. The van der Waals surface area contributed by atoms with Crippen molar-refractivity contribution in [1.29, 1.82) is 5.26 Å². The molecule has 3 N–H and O–H groups in total. The van der Waals surface area contributed by atoms with E-state index in [1.807, 2.05) is 60.7 Å². The van der Waals surface area contributed by atoms with E-state index in [1.54, 1.807) is 36.2 Å². The van der Waals surface area contributed by atoms with Crippen molar-refractivity contribution in [2.75, 3.05) is 11.5 Å². The van der Waals surface area contributed by atoms with Gasteiger partial charge in [-0.2, -0.15) is 5.26 Å². The summed E-state index contributed by atoms with van der Waals surface area (Å²) in [6.45, 7) is 1.95. The van der Waals surface area contributed by atoms with Crippen LogP contribution in [0.25, 0.3) is 16.7 Å². The van der Waals surface area contributed by atoms with Gasteiger partial charge in [-0.25, -0.2) is 4.79 Å². The molecule has 1 spiro atoms. The number of aromatic amines is 1. The average molecular weight is 517 g/mol. The number of fused-ring (bicyclic) bond motifs is 3. The lowest BCUT2D eigenvalue weighted by Gasteiger charge is -2.35. The van der Waals surface area contributed by atoms with Gasteiger partial charge in [-0.1, -0.05) is 66.7 Å². The van der Waals surface area contributed by atoms with Gasteiger partial charge in [0.1, 0.15) is 11.6 Å². The van der Waals surface area contributed by atoms with Crippen molar-refractivity contribution < 1.29 is 19.1 Å². The van der Waals surface area contributed by atoms with Crippen molar-refractivity contribution >= 4 is 34.2 Å². The summed E-state index contributed by atoms with van der Waals surface area (Å²) < 4.78 is 11.4. The van der Waals surface area contributed by atoms with Crippen LogP contribution < -0.4 is 10.6 Å². The largest absolute Gasteiger partial charge is 0.462 e. The number of ether oxygens (including phenoxy) is 2. The number of nitriles is 1. The van der Waals surface area contributed by atoms with E-state index in [1.165, 1.54) is 0 Å². The smallest absolute Gasteiger partial charge is 0.341 e. The maximum Gasteiger partial charge on any atom is 0.341 e. The highest BCUT2D eigenvalue weighted by Crippen LogP contribution is 2.56. The first-order valence-electron chi connectivity index (χ1n) is 12.5. The Morgan fingerprint density at radius 2 is 1.79 bits per heavy atom. The van der Waals surface area contributed by atoms with Crippen LogP contribution in [0.2, 0.25) is 0 Å². The SMILES string of the molecule is CCOC(=O)C1=C(N)OC(c2c[nH]c3ccccc23)=C(C#N)[C@@]12C(=O)N(Cc1ccccc1)c1ccccc12. The van der Waals surface area contributed by atoms with Crippen LogP contribution in [-0.2, 0) is 31.0 Å². The van der Waals surface area contributed by atoms with E-state index in [0.717, 1.165) is 16.5 Å². The summed E-state index contributed by atoms with van der Waals surface area (Å²) in [7, 11) is 0. The van der Waals surface area contributed by atoms with E-state index in [2.05, 4.69) is 11.1 Å². The van der Waals surface area contributed by atoms with Crippen LogP contribution in [0.15, 0.2) is 102 Å². The minimum absolute atomic E-state index is 0.0301. The van der Waals surface area contributed by atoms with Gasteiger partial charge in [0.25, 0.3) is 0 Å². The molecule has 0 unspecified atom stereocenters. The molecule has 6 rings (SSSR count). The molecule has 192 valence electrons. The van der Waals surface area contributed by atoms with Crippen LogP contribution in [0.1, 0.15) is 23.6 Å². The van der Waals surface area contributed by atoms with E-state index in [9.17, 15) is 14.9 Å². The second kappa shape index (κ2) is 9.23. The van der Waals surface area contributed by atoms with Gasteiger partial charge >= 0.3 is 5.97 Å². The van der Waals surface area contributed by atoms with Crippen molar-refractivity contribution in [1.82, 2.24) is 4.98 Å². The summed E-state index contributed by atoms with van der Waals surface area (Å²) >= 11 is 0. The fourth-order valence-electron chi connectivity index (χ4n) is 5.59. The number of carbonyl (C=O) groups excluding carboxylic acids is 2. The van der Waals surface area contributed by atoms with E-state index < -0.39 is 17.3 Å². The highest BCUT2D eigenvalue weighted by atomic mass is 16.5. The fourth-order valence-corrected chi connectivity index (χ4v) is 5.59. The molecule has 1 aromatic heterocycles. The summed E-state index contributed by atoms with van der Waals surface area (Å²) in [6, 6.07) is 26.4. The maximum atomic E-state index is 14.7. The van der Waals surface area contributed by atoms with Crippen LogP contribution in [-0.4, -0.2) is 23.5 Å². The van der Waals surface area contributed by atoms with Gasteiger partial charge in [0, 0.05) is 33.9 Å². The minimum Gasteiger partial charge on any atom is -0.462 e. The van der Waals surface area contributed by atoms with Gasteiger partial charge in [-0.3, -0.25) is 4.79 Å². The van der Waals surface area contributed by atoms with Gasteiger partial charge in [0.15, 0.2) is 11.2 Å². The number of nitrogens with two attached hydrogens (primary N) is 1. The number of esters is 1. The van der Waals surface area contributed by atoms with Crippen molar-refractivity contribution in [2.24, 2.45) is 5.73 Å². The van der Waals surface area contributed by atoms with Crippen molar-refractivity contribution in [3.8, 4) is 6.07 Å². The summed E-state index contributed by atoms with van der Waals surface area (Å²) in [5, 5.41) is 11.5. The van der Waals surface area contributed by atoms with Crippen LogP contribution in [0.3, 0.4) is 0 Å². The Labute approximate surface area is 224 Å². The number of H-pyrrole nitrogens is 1. The van der Waals surface area contributed by atoms with Crippen molar-refractivity contribution in [3.63, 3.8) is 0 Å². The number of nitrogens with zero attached hydrogens (tertiary/aromatic N) is 2. The number of hydrogen-bond acceptors (Lipinski definition) is 6. The van der Waals surface area contributed by atoms with Crippen LogP contribution in [0.5, 0.6) is 0 Å². The number of para-hydroxylation sites is 2. The molecule has 39 heavy (non-hydrogen) atoms. The van der Waals surface area contributed by atoms with Gasteiger partial charge < -0.3 is 25.1 Å². The first-order valence-corrected chi connectivity index (χ1v) is 12.5. The van der Waals surface area contributed by atoms with Crippen LogP contribution in [0, 0.1) is 11.3 Å². The predicted molar refractivity (Wildman–Crippen MR) is 146 cm³/mol. The first-order chi connectivity index (χ1) is 19.0. The lowest BCUT2D eigenvalue weighted by Crippen LogP contribution is -2.48. The topological polar surface area (TPSA) is 121 Å². The first kappa shape index (κ1) is 24.1. The van der Waals surface area contributed by atoms with Crippen molar-refractivity contribution in [2.45, 2.75) is 18.9 Å². The molecular weight excluding hydrogens is 492 g/mol. The second-order valence-corrected chi connectivity index (χ2v) is 9.27. The number of anilines is 1. The number of rotatable bonds is 5. The molecule has 3 aromatic carbocycles. The Balaban J connectivity index is 1.67. The third-order valence-electron chi connectivity index (χ3n) is 7.21. The molecular formula is C31H24N4O4. The number of aromatic nitrogens is 1. The normalized spacial score (nSPS) is 18.4. The summed E-state index contributed by atoms with van der Waals surface area (Å²) in [5.41, 5.74) is 7.69. The third-order valence-corrected chi connectivity index (χ3v) is 7.21. The van der Waals surface area contributed by atoms with Gasteiger partial charge in [0.05, 0.1) is 18.7 Å². The van der Waals surface area contributed by atoms with Crippen LogP contribution in [0.4, 0.5) is 5.69 Å². The molecule has 0 radical (unpaired) electrons. The van der Waals surface area contributed by atoms with Gasteiger partial charge in [-0.15, -0.1) is 0 Å². The Morgan fingerprint density at radius 1 is 1.08 bits per heavy atom. The molecule has 0 fully saturated rings. The number of amides is 1. The molecule has 1 amide bonds. The van der Waals surface area contributed by atoms with E-state index in [-0.39, 0.29) is 35.9 Å². The quantitative estimate of drug-likeness (QED) is 0.373. The zero-order chi connectivity index (χ0) is 27.1. The summed E-state index contributed by atoms with van der Waals surface area (Å²) in [4.78, 5) is 33.0. The van der Waals surface area contributed by atoms with E-state index in [0.29, 0.717) is 16.8 Å². The molecule has 3 heterocycles. The van der Waals surface area contributed by atoms with E-state index in [4.69, 9.17) is 15.2 Å². The molecule has 2 aliphatic heterocycles. The molecule has 1 atom stereocenters. The second-order valence-electron chi connectivity index (χ2n) is 9.27. The Bertz CT molecular complexity index is 1740. The number of hydrogen-bond donors (Lipinski definition) is 2. The van der Waals surface area contributed by atoms with Gasteiger partial charge in [-0.05, 0) is 24.6 Å². The summed E-state index contributed by atoms with van der Waals surface area (Å²) in [6.07, 6.45) is 1.71. The molecule has 0 saturated heterocycles. The van der Waals surface area contributed by atoms with E-state index >= 15 is 0 Å². The zero-order valence-electron chi connectivity index (χ0n) is 21.1. The maximum absolute atomic E-state index is 14.7. The lowest BCUT2D eigenvalue weighted by atomic mass is 9.67. The van der Waals surface area contributed by atoms with Crippen LogP contribution >= 0.6 is 0 Å². The van der Waals surface area contributed by atoms with Crippen molar-refractivity contribution in [3.05, 3.63) is 119 Å². The molecule has 8 heteroatoms. The third kappa shape index (κ3) is 3.44. The highest BCUT2D eigenvalue weighted by Gasteiger charge is 2.62. The molecule has 0 aliphatic carbocycles. The number of carbonyl (C=O) groups is 2. The lowest BCUT2D eigenvalue weighted by molar-refractivity contribution is -0.140. The highest BCUT2D eigenvalue weighted by molar-refractivity contribution is 6.20.